The Balaban J connectivity index is 1.75. The van der Waals surface area contributed by atoms with E-state index >= 15 is 0 Å². The van der Waals surface area contributed by atoms with Crippen molar-refractivity contribution in [3.63, 3.8) is 0 Å². The van der Waals surface area contributed by atoms with Crippen LogP contribution in [0.15, 0.2) is 47.8 Å². The molecule has 0 saturated carbocycles. The fraction of sp³-hybridized carbons (Fsp3) is 0.250. The van der Waals surface area contributed by atoms with Gasteiger partial charge in [0.1, 0.15) is 5.54 Å². The second kappa shape index (κ2) is 4.25. The summed E-state index contributed by atoms with van der Waals surface area (Å²) in [5, 5.41) is 2.79. The van der Waals surface area contributed by atoms with Gasteiger partial charge in [0.15, 0.2) is 0 Å². The van der Waals surface area contributed by atoms with Gasteiger partial charge in [-0.05, 0) is 42.7 Å². The van der Waals surface area contributed by atoms with Crippen LogP contribution in [0.25, 0.3) is 17.0 Å². The molecule has 3 nitrogen and oxygen atoms in total. The molecule has 5 heterocycles. The maximum absolute atomic E-state index is 4.45. The van der Waals surface area contributed by atoms with Crippen molar-refractivity contribution in [3.05, 3.63) is 70.1 Å². The highest BCUT2D eigenvalue weighted by molar-refractivity contribution is 8.03. The highest BCUT2D eigenvalue weighted by Crippen LogP contribution is 2.55. The van der Waals surface area contributed by atoms with Gasteiger partial charge in [-0.25, -0.2) is 0 Å². The molecule has 3 aromatic rings. The second-order valence-corrected chi connectivity index (χ2v) is 8.12. The van der Waals surface area contributed by atoms with Gasteiger partial charge in [-0.3, -0.25) is 4.98 Å². The molecule has 0 aliphatic carbocycles. The van der Waals surface area contributed by atoms with Crippen molar-refractivity contribution in [1.29, 1.82) is 0 Å². The number of hydrogen-bond donors (Lipinski definition) is 1. The topological polar surface area (TPSA) is 31.9 Å². The number of rotatable bonds is 0. The molecule has 1 fully saturated rings. The van der Waals surface area contributed by atoms with E-state index in [9.17, 15) is 0 Å². The number of para-hydroxylation sites is 1. The van der Waals surface area contributed by atoms with Gasteiger partial charge in [0.05, 0.1) is 5.03 Å². The summed E-state index contributed by atoms with van der Waals surface area (Å²) in [7, 11) is 0. The molecule has 0 bridgehead atoms. The number of nitrogens with one attached hydrogen (secondary N) is 1. The van der Waals surface area contributed by atoms with E-state index in [0.717, 1.165) is 6.42 Å². The summed E-state index contributed by atoms with van der Waals surface area (Å²) in [6.07, 6.45) is 7.43. The molecular formula is C20H17N3S. The lowest BCUT2D eigenvalue weighted by Crippen LogP contribution is -2.53. The first-order valence-corrected chi connectivity index (χ1v) is 9.44. The summed E-state index contributed by atoms with van der Waals surface area (Å²) < 4.78 is 0. The van der Waals surface area contributed by atoms with E-state index in [1.807, 2.05) is 18.0 Å². The monoisotopic (exact) mass is 331 g/mol. The summed E-state index contributed by atoms with van der Waals surface area (Å²) in [4.78, 5) is 10.9. The number of nitrogens with zero attached hydrogens (tertiary/aromatic N) is 2. The Hall–Kier alpha value is -2.20. The molecular weight excluding hydrogens is 314 g/mol. The maximum Gasteiger partial charge on any atom is 0.106 e. The highest BCUT2D eigenvalue weighted by Gasteiger charge is 2.52. The van der Waals surface area contributed by atoms with Crippen LogP contribution < -0.4 is 0 Å². The van der Waals surface area contributed by atoms with Gasteiger partial charge >= 0.3 is 0 Å². The molecule has 3 aliphatic rings. The molecule has 1 N–H and O–H groups in total. The van der Waals surface area contributed by atoms with Gasteiger partial charge in [0.2, 0.25) is 0 Å². The molecule has 2 atom stereocenters. The SMILES string of the molecule is C[C@]12c3cnccc3C=C3SC[C@H](Cc4c1[nH]c1ccccc41)N32. The first-order valence-electron chi connectivity index (χ1n) is 8.45. The Kier molecular flexibility index (Phi) is 2.33. The number of hydrogen-bond acceptors (Lipinski definition) is 3. The van der Waals surface area contributed by atoms with Gasteiger partial charge in [-0.1, -0.05) is 18.2 Å². The predicted octanol–water partition coefficient (Wildman–Crippen LogP) is 4.11. The standard InChI is InChI=1S/C20H17N3S/c1-20-16-10-21-7-6-12(16)8-18-23(20)13(11-24-18)9-15-14-4-2-3-5-17(14)22-19(15)20/h2-8,10,13,22H,9,11H2,1H3/t13-,20-/m0/s1. The Labute approximate surface area is 144 Å². The second-order valence-electron chi connectivity index (χ2n) is 7.08. The lowest BCUT2D eigenvalue weighted by atomic mass is 9.76. The quantitative estimate of drug-likeness (QED) is 0.673. The van der Waals surface area contributed by atoms with Gasteiger partial charge in [-0.15, -0.1) is 11.8 Å². The largest absolute Gasteiger partial charge is 0.356 e. The first-order chi connectivity index (χ1) is 11.8. The smallest absolute Gasteiger partial charge is 0.106 e. The average molecular weight is 331 g/mol. The predicted molar refractivity (Wildman–Crippen MR) is 98.8 cm³/mol. The highest BCUT2D eigenvalue weighted by atomic mass is 32.2. The fourth-order valence-corrected chi connectivity index (χ4v) is 6.18. The van der Waals surface area contributed by atoms with Crippen LogP contribution in [0.5, 0.6) is 0 Å². The maximum atomic E-state index is 4.45. The number of benzene rings is 1. The van der Waals surface area contributed by atoms with Crippen LogP contribution in [0, 0.1) is 0 Å². The van der Waals surface area contributed by atoms with Crippen LogP contribution >= 0.6 is 11.8 Å². The minimum atomic E-state index is -0.158. The molecule has 4 heteroatoms. The van der Waals surface area contributed by atoms with E-state index < -0.39 is 0 Å². The van der Waals surface area contributed by atoms with Crippen molar-refractivity contribution in [2.75, 3.05) is 5.75 Å². The number of aromatic amines is 1. The Bertz CT molecular complexity index is 1030. The molecule has 0 amide bonds. The fourth-order valence-electron chi connectivity index (χ4n) is 4.87. The van der Waals surface area contributed by atoms with Crippen LogP contribution in [0.3, 0.4) is 0 Å². The summed E-state index contributed by atoms with van der Waals surface area (Å²) in [5.41, 5.74) is 6.55. The zero-order valence-electron chi connectivity index (χ0n) is 13.4. The number of H-pyrrole nitrogens is 1. The Morgan fingerprint density at radius 3 is 3.17 bits per heavy atom. The Morgan fingerprint density at radius 1 is 1.29 bits per heavy atom. The molecule has 1 aromatic carbocycles. The third-order valence-electron chi connectivity index (χ3n) is 5.91. The average Bonchev–Trinajstić information content (AvgIpc) is 3.19. The van der Waals surface area contributed by atoms with Crippen molar-refractivity contribution in [2.45, 2.75) is 24.9 Å². The lowest BCUT2D eigenvalue weighted by molar-refractivity contribution is 0.139. The van der Waals surface area contributed by atoms with Crippen molar-refractivity contribution in [2.24, 2.45) is 0 Å². The third kappa shape index (κ3) is 1.40. The zero-order chi connectivity index (χ0) is 15.9. The van der Waals surface area contributed by atoms with Crippen LogP contribution in [0.2, 0.25) is 0 Å². The van der Waals surface area contributed by atoms with Crippen molar-refractivity contribution in [3.8, 4) is 0 Å². The molecule has 0 unspecified atom stereocenters. The number of thioether (sulfide) groups is 1. The van der Waals surface area contributed by atoms with E-state index in [2.05, 4.69) is 64.4 Å². The van der Waals surface area contributed by atoms with Crippen LogP contribution in [0.1, 0.15) is 29.3 Å². The number of aromatic nitrogens is 2. The van der Waals surface area contributed by atoms with E-state index in [-0.39, 0.29) is 5.54 Å². The summed E-state index contributed by atoms with van der Waals surface area (Å²) in [6, 6.07) is 11.4. The van der Waals surface area contributed by atoms with E-state index in [0.29, 0.717) is 6.04 Å². The van der Waals surface area contributed by atoms with E-state index in [1.54, 1.807) is 0 Å². The molecule has 118 valence electrons. The molecule has 3 aliphatic heterocycles. The van der Waals surface area contributed by atoms with E-state index in [4.69, 9.17) is 0 Å². The van der Waals surface area contributed by atoms with Crippen LogP contribution in [-0.4, -0.2) is 26.7 Å². The molecule has 6 rings (SSSR count). The molecule has 0 spiro atoms. The van der Waals surface area contributed by atoms with Gasteiger partial charge in [-0.2, -0.15) is 0 Å². The van der Waals surface area contributed by atoms with Crippen LogP contribution in [0.4, 0.5) is 0 Å². The number of fused-ring (bicyclic) bond motifs is 6. The van der Waals surface area contributed by atoms with Crippen molar-refractivity contribution < 1.29 is 0 Å². The lowest BCUT2D eigenvalue weighted by Gasteiger charge is -2.50. The third-order valence-corrected chi connectivity index (χ3v) is 7.07. The van der Waals surface area contributed by atoms with Crippen molar-refractivity contribution in [1.82, 2.24) is 14.9 Å². The van der Waals surface area contributed by atoms with Gasteiger partial charge in [0, 0.05) is 46.3 Å². The number of pyridine rings is 1. The summed E-state index contributed by atoms with van der Waals surface area (Å²) in [6.45, 7) is 2.37. The molecule has 24 heavy (non-hydrogen) atoms. The normalized spacial score (nSPS) is 26.8. The molecule has 2 aromatic heterocycles. The molecule has 1 saturated heterocycles. The minimum Gasteiger partial charge on any atom is -0.356 e. The summed E-state index contributed by atoms with van der Waals surface area (Å²) in [5.74, 6) is 1.17. The summed E-state index contributed by atoms with van der Waals surface area (Å²) >= 11 is 2.00. The van der Waals surface area contributed by atoms with Crippen LogP contribution in [-0.2, 0) is 12.0 Å². The minimum absolute atomic E-state index is 0.158. The first kappa shape index (κ1) is 13.1. The zero-order valence-corrected chi connectivity index (χ0v) is 14.2. The van der Waals surface area contributed by atoms with Crippen molar-refractivity contribution >= 4 is 28.7 Å². The van der Waals surface area contributed by atoms with E-state index in [1.165, 1.54) is 44.1 Å². The molecule has 0 radical (unpaired) electrons. The van der Waals surface area contributed by atoms with Gasteiger partial charge < -0.3 is 9.88 Å². The van der Waals surface area contributed by atoms with Gasteiger partial charge in [0.25, 0.3) is 0 Å². The Morgan fingerprint density at radius 2 is 2.21 bits per heavy atom.